The monoisotopic (exact) mass is 471 g/mol. The first kappa shape index (κ1) is 23.4. The van der Waals surface area contributed by atoms with Gasteiger partial charge in [-0.1, -0.05) is 52.0 Å². The van der Waals surface area contributed by atoms with Crippen molar-refractivity contribution in [3.8, 4) is 11.5 Å². The lowest BCUT2D eigenvalue weighted by molar-refractivity contribution is -0.119. The van der Waals surface area contributed by atoms with Gasteiger partial charge in [0.05, 0.1) is 7.11 Å². The highest BCUT2D eigenvalue weighted by Gasteiger charge is 2.49. The zero-order valence-electron chi connectivity index (χ0n) is 21.1. The summed E-state index contributed by atoms with van der Waals surface area (Å²) in [5, 5.41) is 10.2. The van der Waals surface area contributed by atoms with Crippen molar-refractivity contribution in [3.05, 3.63) is 76.6 Å². The van der Waals surface area contributed by atoms with E-state index in [1.807, 2.05) is 24.3 Å². The van der Waals surface area contributed by atoms with E-state index in [9.17, 15) is 14.7 Å². The summed E-state index contributed by atoms with van der Waals surface area (Å²) >= 11 is 0. The lowest BCUT2D eigenvalue weighted by atomic mass is 9.63. The number of Topliss-reactive ketones (excluding diaryl/α,β-unsaturated/α-hetero) is 2. The lowest BCUT2D eigenvalue weighted by Gasteiger charge is -2.49. The molecule has 0 atom stereocenters. The number of phenols is 1. The number of carbonyl (C=O) groups is 2. The Morgan fingerprint density at radius 3 is 1.89 bits per heavy atom. The number of ketones is 2. The summed E-state index contributed by atoms with van der Waals surface area (Å²) in [6, 6.07) is 15.3. The molecular weight excluding hydrogens is 438 g/mol. The molecule has 2 aromatic rings. The molecule has 5 nitrogen and oxygen atoms in total. The van der Waals surface area contributed by atoms with Crippen molar-refractivity contribution >= 4 is 17.3 Å². The fourth-order valence-corrected chi connectivity index (χ4v) is 6.06. The summed E-state index contributed by atoms with van der Waals surface area (Å²) in [4.78, 5) is 29.9. The lowest BCUT2D eigenvalue weighted by Crippen LogP contribution is -2.44. The highest BCUT2D eigenvalue weighted by atomic mass is 16.5. The smallest absolute Gasteiger partial charge is 0.162 e. The number of nitrogens with zero attached hydrogens (tertiary/aromatic N) is 1. The first-order valence-electron chi connectivity index (χ1n) is 12.3. The number of hydrogen-bond acceptors (Lipinski definition) is 5. The topological polar surface area (TPSA) is 66.8 Å². The van der Waals surface area contributed by atoms with E-state index in [0.717, 1.165) is 35.5 Å². The molecule has 0 saturated carbocycles. The third-order valence-corrected chi connectivity index (χ3v) is 7.46. The Labute approximate surface area is 207 Å². The van der Waals surface area contributed by atoms with E-state index in [1.165, 1.54) is 7.11 Å². The number of carbonyl (C=O) groups excluding carboxylic acids is 2. The van der Waals surface area contributed by atoms with Gasteiger partial charge < -0.3 is 14.7 Å². The zero-order chi connectivity index (χ0) is 25.1. The van der Waals surface area contributed by atoms with Gasteiger partial charge in [0, 0.05) is 47.0 Å². The Balaban J connectivity index is 1.83. The van der Waals surface area contributed by atoms with Crippen LogP contribution in [-0.4, -0.2) is 23.8 Å². The first-order chi connectivity index (χ1) is 16.5. The second-order valence-corrected chi connectivity index (χ2v) is 11.6. The molecule has 0 aromatic heterocycles. The Morgan fingerprint density at radius 2 is 1.37 bits per heavy atom. The predicted octanol–water partition coefficient (Wildman–Crippen LogP) is 6.29. The van der Waals surface area contributed by atoms with Crippen LogP contribution in [0.4, 0.5) is 5.69 Å². The second kappa shape index (κ2) is 8.11. The molecule has 0 fully saturated rings. The van der Waals surface area contributed by atoms with E-state index in [0.29, 0.717) is 29.7 Å². The second-order valence-electron chi connectivity index (χ2n) is 11.6. The first-order valence-corrected chi connectivity index (χ1v) is 12.3. The fraction of sp³-hybridized carbons (Fsp3) is 0.400. The molecule has 1 aliphatic heterocycles. The minimum atomic E-state index is -0.471. The number of ether oxygens (including phenoxy) is 1. The molecule has 0 saturated heterocycles. The van der Waals surface area contributed by atoms with E-state index in [4.69, 9.17) is 4.74 Å². The summed E-state index contributed by atoms with van der Waals surface area (Å²) in [7, 11) is 1.51. The van der Waals surface area contributed by atoms with E-state index in [2.05, 4.69) is 44.7 Å². The van der Waals surface area contributed by atoms with E-state index in [1.54, 1.807) is 12.1 Å². The number of phenolic OH excluding ortho intramolecular Hbond substituents is 1. The minimum absolute atomic E-state index is 0.0357. The number of hydrogen-bond donors (Lipinski definition) is 1. The molecule has 0 unspecified atom stereocenters. The van der Waals surface area contributed by atoms with Crippen molar-refractivity contribution in [2.45, 2.75) is 59.3 Å². The van der Waals surface area contributed by atoms with Crippen LogP contribution in [0.15, 0.2) is 71.1 Å². The quantitative estimate of drug-likeness (QED) is 0.570. The molecule has 0 spiro atoms. The number of methoxy groups -OCH3 is 1. The van der Waals surface area contributed by atoms with Gasteiger partial charge in [0.15, 0.2) is 23.1 Å². The van der Waals surface area contributed by atoms with Crippen LogP contribution in [0, 0.1) is 10.8 Å². The predicted molar refractivity (Wildman–Crippen MR) is 136 cm³/mol. The third-order valence-electron chi connectivity index (χ3n) is 7.46. The fourth-order valence-electron chi connectivity index (χ4n) is 6.06. The van der Waals surface area contributed by atoms with Gasteiger partial charge in [0.1, 0.15) is 0 Å². The zero-order valence-corrected chi connectivity index (χ0v) is 21.1. The number of para-hydroxylation sites is 1. The molecule has 0 bridgehead atoms. The maximum atomic E-state index is 13.8. The Bertz CT molecular complexity index is 1230. The number of allylic oxidation sites excluding steroid dienone is 4. The van der Waals surface area contributed by atoms with Crippen LogP contribution in [0.5, 0.6) is 11.5 Å². The van der Waals surface area contributed by atoms with Crippen molar-refractivity contribution in [1.82, 2.24) is 0 Å². The van der Waals surface area contributed by atoms with Gasteiger partial charge in [-0.05, 0) is 53.5 Å². The van der Waals surface area contributed by atoms with Gasteiger partial charge in [0.2, 0.25) is 0 Å². The number of aromatic hydroxyl groups is 1. The van der Waals surface area contributed by atoms with Crippen LogP contribution >= 0.6 is 0 Å². The van der Waals surface area contributed by atoms with Gasteiger partial charge in [-0.15, -0.1) is 0 Å². The summed E-state index contributed by atoms with van der Waals surface area (Å²) in [5.74, 6) is 0.0662. The van der Waals surface area contributed by atoms with Crippen LogP contribution in [0.2, 0.25) is 0 Å². The summed E-state index contributed by atoms with van der Waals surface area (Å²) in [5.41, 5.74) is 4.77. The van der Waals surface area contributed by atoms with E-state index < -0.39 is 5.92 Å². The van der Waals surface area contributed by atoms with Crippen LogP contribution in [0.25, 0.3) is 0 Å². The van der Waals surface area contributed by atoms with Crippen molar-refractivity contribution in [2.24, 2.45) is 10.8 Å². The average Bonchev–Trinajstić information content (AvgIpc) is 2.77. The number of anilines is 1. The number of benzene rings is 2. The highest BCUT2D eigenvalue weighted by Crippen LogP contribution is 2.55. The summed E-state index contributed by atoms with van der Waals surface area (Å²) in [6.45, 7) is 8.54. The average molecular weight is 472 g/mol. The molecule has 1 N–H and O–H groups in total. The highest BCUT2D eigenvalue weighted by molar-refractivity contribution is 6.08. The van der Waals surface area contributed by atoms with Gasteiger partial charge in [-0.3, -0.25) is 9.59 Å². The molecule has 0 radical (unpaired) electrons. The number of rotatable bonds is 3. The largest absolute Gasteiger partial charge is 0.504 e. The van der Waals surface area contributed by atoms with Gasteiger partial charge >= 0.3 is 0 Å². The normalized spacial score (nSPS) is 21.7. The molecule has 0 amide bonds. The maximum Gasteiger partial charge on any atom is 0.162 e. The standard InChI is InChI=1S/C30H33NO4/c1-29(2)14-20-27(23(33)16-29)26(18-11-12-22(32)25(13-18)35-5)28-21(15-30(3,4)17-24(28)34)31(20)19-9-7-6-8-10-19/h6-13,26,32H,14-17H2,1-5H3. The van der Waals surface area contributed by atoms with Crippen LogP contribution < -0.4 is 9.64 Å². The molecule has 3 aliphatic rings. The van der Waals surface area contributed by atoms with Crippen LogP contribution in [0.1, 0.15) is 64.9 Å². The van der Waals surface area contributed by atoms with E-state index >= 15 is 0 Å². The van der Waals surface area contributed by atoms with Crippen molar-refractivity contribution in [3.63, 3.8) is 0 Å². The Kier molecular flexibility index (Phi) is 5.42. The summed E-state index contributed by atoms with van der Waals surface area (Å²) < 4.78 is 5.40. The summed E-state index contributed by atoms with van der Waals surface area (Å²) in [6.07, 6.45) is 2.34. The van der Waals surface area contributed by atoms with Crippen LogP contribution in [0.3, 0.4) is 0 Å². The molecule has 2 aliphatic carbocycles. The molecule has 35 heavy (non-hydrogen) atoms. The molecule has 182 valence electrons. The SMILES string of the molecule is COc1cc(C2C3=C(CC(C)(C)CC3=O)N(c3ccccc3)C3=C2C(=O)CC(C)(C)C3)ccc1O. The van der Waals surface area contributed by atoms with Gasteiger partial charge in [0.25, 0.3) is 0 Å². The van der Waals surface area contributed by atoms with Crippen molar-refractivity contribution in [2.75, 3.05) is 12.0 Å². The molecule has 5 heteroatoms. The van der Waals surface area contributed by atoms with Gasteiger partial charge in [-0.2, -0.15) is 0 Å². The molecule has 2 aromatic carbocycles. The van der Waals surface area contributed by atoms with Crippen molar-refractivity contribution in [1.29, 1.82) is 0 Å². The van der Waals surface area contributed by atoms with Crippen LogP contribution in [-0.2, 0) is 9.59 Å². The Morgan fingerprint density at radius 1 is 0.829 bits per heavy atom. The maximum absolute atomic E-state index is 13.8. The van der Waals surface area contributed by atoms with E-state index in [-0.39, 0.29) is 28.1 Å². The molecule has 5 rings (SSSR count). The van der Waals surface area contributed by atoms with Gasteiger partial charge in [-0.25, -0.2) is 0 Å². The third kappa shape index (κ3) is 3.97. The molecular formula is C30H33NO4. The molecule has 1 heterocycles. The minimum Gasteiger partial charge on any atom is -0.504 e. The van der Waals surface area contributed by atoms with Crippen molar-refractivity contribution < 1.29 is 19.4 Å². The Hall–Kier alpha value is -3.34.